The summed E-state index contributed by atoms with van der Waals surface area (Å²) in [4.78, 5) is 30.5. The van der Waals surface area contributed by atoms with Gasteiger partial charge in [-0.3, -0.25) is 14.2 Å². The summed E-state index contributed by atoms with van der Waals surface area (Å²) in [5, 5.41) is 3.28. The van der Waals surface area contributed by atoms with E-state index in [-0.39, 0.29) is 16.4 Å². The number of rotatable bonds is 5. The van der Waals surface area contributed by atoms with Gasteiger partial charge in [-0.2, -0.15) is 4.31 Å². The second-order valence-corrected chi connectivity index (χ2v) is 10.4. The summed E-state index contributed by atoms with van der Waals surface area (Å²) >= 11 is 0. The summed E-state index contributed by atoms with van der Waals surface area (Å²) < 4.78 is 28.6. The lowest BCUT2D eigenvalue weighted by Gasteiger charge is -2.16. The van der Waals surface area contributed by atoms with Gasteiger partial charge in [0.15, 0.2) is 0 Å². The molecule has 0 bridgehead atoms. The number of benzene rings is 3. The highest BCUT2D eigenvalue weighted by atomic mass is 32.2. The van der Waals surface area contributed by atoms with Gasteiger partial charge in [-0.15, -0.1) is 0 Å². The van der Waals surface area contributed by atoms with Gasteiger partial charge in [-0.1, -0.05) is 18.2 Å². The monoisotopic (exact) mass is 488 g/mol. The Kier molecular flexibility index (Phi) is 5.96. The van der Waals surface area contributed by atoms with E-state index in [0.29, 0.717) is 46.8 Å². The van der Waals surface area contributed by atoms with Crippen LogP contribution in [0, 0.1) is 6.92 Å². The molecule has 5 rings (SSSR count). The molecule has 178 valence electrons. The third-order valence-corrected chi connectivity index (χ3v) is 8.02. The molecular formula is C26H24N4O4S. The molecule has 0 radical (unpaired) electrons. The van der Waals surface area contributed by atoms with E-state index in [4.69, 9.17) is 0 Å². The molecular weight excluding hydrogens is 464 g/mol. The molecule has 0 aliphatic carbocycles. The molecule has 4 aromatic rings. The van der Waals surface area contributed by atoms with Crippen molar-refractivity contribution in [3.63, 3.8) is 0 Å². The number of anilines is 1. The second kappa shape index (κ2) is 9.09. The number of hydrogen-bond acceptors (Lipinski definition) is 5. The molecule has 0 atom stereocenters. The average Bonchev–Trinajstić information content (AvgIpc) is 3.41. The van der Waals surface area contributed by atoms with Crippen molar-refractivity contribution < 1.29 is 13.2 Å². The summed E-state index contributed by atoms with van der Waals surface area (Å²) in [6, 6.07) is 20.1. The van der Waals surface area contributed by atoms with Gasteiger partial charge in [0.1, 0.15) is 5.82 Å². The number of nitrogens with one attached hydrogen (secondary N) is 1. The minimum atomic E-state index is -3.58. The molecule has 8 nitrogen and oxygen atoms in total. The predicted octanol–water partition coefficient (Wildman–Crippen LogP) is 3.73. The minimum absolute atomic E-state index is 0.159. The molecule has 1 aliphatic rings. The average molecular weight is 489 g/mol. The summed E-state index contributed by atoms with van der Waals surface area (Å²) in [5.74, 6) is 0.162. The van der Waals surface area contributed by atoms with Crippen molar-refractivity contribution in [2.24, 2.45) is 0 Å². The van der Waals surface area contributed by atoms with Crippen molar-refractivity contribution in [2.45, 2.75) is 24.7 Å². The van der Waals surface area contributed by atoms with E-state index in [1.165, 1.54) is 21.0 Å². The first-order chi connectivity index (χ1) is 16.8. The van der Waals surface area contributed by atoms with Crippen LogP contribution in [-0.4, -0.2) is 41.3 Å². The van der Waals surface area contributed by atoms with E-state index in [1.54, 1.807) is 61.5 Å². The zero-order valence-corrected chi connectivity index (χ0v) is 20.0. The zero-order chi connectivity index (χ0) is 24.6. The van der Waals surface area contributed by atoms with E-state index in [9.17, 15) is 18.0 Å². The summed E-state index contributed by atoms with van der Waals surface area (Å²) in [7, 11) is -3.58. The maximum absolute atomic E-state index is 13.0. The number of carbonyl (C=O) groups excluding carboxylic acids is 1. The third-order valence-electron chi connectivity index (χ3n) is 6.13. The van der Waals surface area contributed by atoms with Crippen LogP contribution < -0.4 is 10.9 Å². The Morgan fingerprint density at radius 3 is 2.40 bits per heavy atom. The third kappa shape index (κ3) is 4.36. The topological polar surface area (TPSA) is 101 Å². The van der Waals surface area contributed by atoms with Crippen molar-refractivity contribution in [2.75, 3.05) is 18.4 Å². The Balaban J connectivity index is 1.38. The van der Waals surface area contributed by atoms with Gasteiger partial charge in [-0.05, 0) is 74.4 Å². The first-order valence-electron chi connectivity index (χ1n) is 11.3. The first-order valence-corrected chi connectivity index (χ1v) is 12.8. The van der Waals surface area contributed by atoms with Gasteiger partial charge in [-0.25, -0.2) is 13.4 Å². The molecule has 1 amide bonds. The van der Waals surface area contributed by atoms with E-state index in [1.807, 2.05) is 6.07 Å². The largest absolute Gasteiger partial charge is 0.322 e. The summed E-state index contributed by atoms with van der Waals surface area (Å²) in [6.45, 7) is 2.79. The second-order valence-electron chi connectivity index (χ2n) is 8.46. The molecule has 9 heteroatoms. The van der Waals surface area contributed by atoms with Gasteiger partial charge in [0.2, 0.25) is 10.0 Å². The Morgan fingerprint density at radius 1 is 0.943 bits per heavy atom. The van der Waals surface area contributed by atoms with E-state index in [0.717, 1.165) is 12.8 Å². The Morgan fingerprint density at radius 2 is 1.66 bits per heavy atom. The van der Waals surface area contributed by atoms with Crippen LogP contribution >= 0.6 is 0 Å². The number of aromatic nitrogens is 2. The van der Waals surface area contributed by atoms with E-state index in [2.05, 4.69) is 10.3 Å². The van der Waals surface area contributed by atoms with Crippen LogP contribution in [0.15, 0.2) is 82.5 Å². The van der Waals surface area contributed by atoms with Gasteiger partial charge in [0.25, 0.3) is 11.5 Å². The molecule has 0 unspecified atom stereocenters. The van der Waals surface area contributed by atoms with Crippen molar-refractivity contribution in [3.8, 4) is 5.69 Å². The lowest BCUT2D eigenvalue weighted by molar-refractivity contribution is 0.102. The van der Waals surface area contributed by atoms with Gasteiger partial charge in [0.05, 0.1) is 21.5 Å². The highest BCUT2D eigenvalue weighted by Gasteiger charge is 2.27. The number of aryl methyl sites for hydroxylation is 1. The lowest BCUT2D eigenvalue weighted by Crippen LogP contribution is -2.27. The minimum Gasteiger partial charge on any atom is -0.322 e. The SMILES string of the molecule is Cc1nc2ccccc2c(=O)n1-c1ccc(C(=O)Nc2cccc(S(=O)(=O)N3CCCC3)c2)cc1. The van der Waals surface area contributed by atoms with E-state index < -0.39 is 10.0 Å². The number of fused-ring (bicyclic) bond motifs is 1. The highest BCUT2D eigenvalue weighted by Crippen LogP contribution is 2.23. The van der Waals surface area contributed by atoms with Crippen LogP contribution in [0.25, 0.3) is 16.6 Å². The molecule has 0 spiro atoms. The maximum atomic E-state index is 13.0. The summed E-state index contributed by atoms with van der Waals surface area (Å²) in [5.41, 5.74) is 1.82. The van der Waals surface area contributed by atoms with Crippen LogP contribution in [0.1, 0.15) is 29.0 Å². The standard InChI is InChI=1S/C26H24N4O4S/c1-18-27-24-10-3-2-9-23(24)26(32)30(18)21-13-11-19(12-14-21)25(31)28-20-7-6-8-22(17-20)35(33,34)29-15-4-5-16-29/h2-3,6-14,17H,4-5,15-16H2,1H3,(H,28,31). The molecule has 1 fully saturated rings. The Bertz CT molecular complexity index is 1590. The van der Waals surface area contributed by atoms with Crippen LogP contribution in [0.4, 0.5) is 5.69 Å². The van der Waals surface area contributed by atoms with Crippen molar-refractivity contribution in [1.82, 2.24) is 13.9 Å². The fourth-order valence-corrected chi connectivity index (χ4v) is 5.89. The number of carbonyl (C=O) groups is 1. The van der Waals surface area contributed by atoms with Crippen molar-refractivity contribution in [1.29, 1.82) is 0 Å². The summed E-state index contributed by atoms with van der Waals surface area (Å²) in [6.07, 6.45) is 1.71. The van der Waals surface area contributed by atoms with Crippen molar-refractivity contribution in [3.05, 3.63) is 94.5 Å². The zero-order valence-electron chi connectivity index (χ0n) is 19.1. The molecule has 1 aromatic heterocycles. The molecule has 2 heterocycles. The molecule has 35 heavy (non-hydrogen) atoms. The predicted molar refractivity (Wildman–Crippen MR) is 134 cm³/mol. The van der Waals surface area contributed by atoms with Crippen LogP contribution in [-0.2, 0) is 10.0 Å². The van der Waals surface area contributed by atoms with Crippen LogP contribution in [0.5, 0.6) is 0 Å². The molecule has 1 aliphatic heterocycles. The fraction of sp³-hybridized carbons (Fsp3) is 0.192. The highest BCUT2D eigenvalue weighted by molar-refractivity contribution is 7.89. The quantitative estimate of drug-likeness (QED) is 0.461. The molecule has 3 aromatic carbocycles. The number of amides is 1. The van der Waals surface area contributed by atoms with Crippen molar-refractivity contribution >= 4 is 32.5 Å². The lowest BCUT2D eigenvalue weighted by atomic mass is 10.1. The number of sulfonamides is 1. The Hall–Kier alpha value is -3.82. The van der Waals surface area contributed by atoms with Gasteiger partial charge >= 0.3 is 0 Å². The Labute approximate surface area is 202 Å². The number of para-hydroxylation sites is 1. The van der Waals surface area contributed by atoms with Crippen LogP contribution in [0.3, 0.4) is 0 Å². The number of nitrogens with zero attached hydrogens (tertiary/aromatic N) is 3. The first kappa shape index (κ1) is 22.9. The normalized spacial score (nSPS) is 14.3. The molecule has 1 saturated heterocycles. The number of hydrogen-bond donors (Lipinski definition) is 1. The van der Waals surface area contributed by atoms with Gasteiger partial charge in [0, 0.05) is 24.3 Å². The van der Waals surface area contributed by atoms with Gasteiger partial charge < -0.3 is 5.32 Å². The fourth-order valence-electron chi connectivity index (χ4n) is 4.32. The van der Waals surface area contributed by atoms with Crippen LogP contribution in [0.2, 0.25) is 0 Å². The molecule has 0 saturated carbocycles. The van der Waals surface area contributed by atoms with E-state index >= 15 is 0 Å². The smallest absolute Gasteiger partial charge is 0.265 e. The maximum Gasteiger partial charge on any atom is 0.265 e. The molecule has 1 N–H and O–H groups in total.